The molecule has 1 aromatic carbocycles. The van der Waals surface area contributed by atoms with Crippen molar-refractivity contribution in [2.75, 3.05) is 26.3 Å². The Morgan fingerprint density at radius 1 is 1.26 bits per heavy atom. The van der Waals surface area contributed by atoms with E-state index in [0.717, 1.165) is 48.9 Å². The minimum Gasteiger partial charge on any atom is -0.379 e. The summed E-state index contributed by atoms with van der Waals surface area (Å²) in [4.78, 5) is 23.7. The molecule has 4 rings (SSSR count). The van der Waals surface area contributed by atoms with Crippen LogP contribution in [-0.4, -0.2) is 51.6 Å². The smallest absolute Gasteiger partial charge is 0.283 e. The number of benzene rings is 1. The van der Waals surface area contributed by atoms with E-state index in [4.69, 9.17) is 4.74 Å². The van der Waals surface area contributed by atoms with Crippen LogP contribution in [-0.2, 0) is 11.3 Å². The van der Waals surface area contributed by atoms with Gasteiger partial charge in [-0.05, 0) is 12.1 Å². The van der Waals surface area contributed by atoms with Crippen LogP contribution < -0.4 is 0 Å². The molecule has 3 aromatic rings. The van der Waals surface area contributed by atoms with E-state index in [2.05, 4.69) is 14.9 Å². The molecule has 2 aromatic heterocycles. The summed E-state index contributed by atoms with van der Waals surface area (Å²) in [6.45, 7) is 4.12. The van der Waals surface area contributed by atoms with Gasteiger partial charge < -0.3 is 4.74 Å². The summed E-state index contributed by atoms with van der Waals surface area (Å²) in [5.74, 6) is -0.136. The van der Waals surface area contributed by atoms with E-state index in [9.17, 15) is 4.79 Å². The van der Waals surface area contributed by atoms with Crippen LogP contribution in [0.3, 0.4) is 0 Å². The summed E-state index contributed by atoms with van der Waals surface area (Å²) in [5, 5.41) is 2.78. The van der Waals surface area contributed by atoms with Crippen LogP contribution in [0.1, 0.15) is 15.5 Å². The number of imidazole rings is 1. The van der Waals surface area contributed by atoms with Gasteiger partial charge in [-0.1, -0.05) is 12.1 Å². The largest absolute Gasteiger partial charge is 0.379 e. The number of carbonyl (C=O) groups is 1. The van der Waals surface area contributed by atoms with Crippen molar-refractivity contribution in [1.29, 1.82) is 0 Å². The van der Waals surface area contributed by atoms with Gasteiger partial charge in [0, 0.05) is 18.5 Å². The highest BCUT2D eigenvalue weighted by Gasteiger charge is 2.17. The van der Waals surface area contributed by atoms with Gasteiger partial charge in [-0.2, -0.15) is 0 Å². The molecule has 0 atom stereocenters. The van der Waals surface area contributed by atoms with Gasteiger partial charge in [-0.15, -0.1) is 11.3 Å². The SMILES string of the molecule is O=C(c1csc(CN2CCOCC2)n1)n1cnc2ccccc21. The molecule has 1 aliphatic rings. The molecule has 6 nitrogen and oxygen atoms in total. The third-order valence-electron chi connectivity index (χ3n) is 3.91. The molecule has 7 heteroatoms. The second kappa shape index (κ2) is 6.19. The van der Waals surface area contributed by atoms with Gasteiger partial charge in [0.1, 0.15) is 17.0 Å². The Labute approximate surface area is 137 Å². The zero-order valence-electron chi connectivity index (χ0n) is 12.5. The molecule has 0 spiro atoms. The van der Waals surface area contributed by atoms with Crippen molar-refractivity contribution in [1.82, 2.24) is 19.4 Å². The number of fused-ring (bicyclic) bond motifs is 1. The van der Waals surface area contributed by atoms with E-state index in [1.165, 1.54) is 11.3 Å². The number of rotatable bonds is 3. The molecule has 0 saturated carbocycles. The lowest BCUT2D eigenvalue weighted by atomic mass is 10.3. The Morgan fingerprint density at radius 3 is 2.96 bits per heavy atom. The van der Waals surface area contributed by atoms with Gasteiger partial charge in [-0.3, -0.25) is 14.3 Å². The Kier molecular flexibility index (Phi) is 3.90. The van der Waals surface area contributed by atoms with Gasteiger partial charge in [0.25, 0.3) is 5.91 Å². The summed E-state index contributed by atoms with van der Waals surface area (Å²) in [7, 11) is 0. The zero-order chi connectivity index (χ0) is 15.6. The molecule has 0 aliphatic carbocycles. The monoisotopic (exact) mass is 328 g/mol. The average Bonchev–Trinajstić information content (AvgIpc) is 3.22. The normalized spacial score (nSPS) is 16.0. The Hall–Kier alpha value is -2.09. The van der Waals surface area contributed by atoms with Crippen molar-refractivity contribution in [3.05, 3.63) is 46.7 Å². The van der Waals surface area contributed by atoms with Gasteiger partial charge in [0.2, 0.25) is 0 Å². The molecule has 3 heterocycles. The average molecular weight is 328 g/mol. The van der Waals surface area contributed by atoms with Crippen molar-refractivity contribution in [2.24, 2.45) is 0 Å². The predicted molar refractivity (Wildman–Crippen MR) is 87.7 cm³/mol. The lowest BCUT2D eigenvalue weighted by Crippen LogP contribution is -2.35. The van der Waals surface area contributed by atoms with E-state index >= 15 is 0 Å². The zero-order valence-corrected chi connectivity index (χ0v) is 13.3. The van der Waals surface area contributed by atoms with Crippen molar-refractivity contribution in [2.45, 2.75) is 6.54 Å². The summed E-state index contributed by atoms with van der Waals surface area (Å²) in [6, 6.07) is 7.59. The van der Waals surface area contributed by atoms with Gasteiger partial charge in [-0.25, -0.2) is 9.97 Å². The lowest BCUT2D eigenvalue weighted by Gasteiger charge is -2.25. The highest BCUT2D eigenvalue weighted by molar-refractivity contribution is 7.09. The molecule has 0 N–H and O–H groups in total. The maximum absolute atomic E-state index is 12.7. The molecule has 0 unspecified atom stereocenters. The molecule has 0 radical (unpaired) electrons. The third kappa shape index (κ3) is 2.90. The van der Waals surface area contributed by atoms with E-state index < -0.39 is 0 Å². The van der Waals surface area contributed by atoms with Crippen LogP contribution in [0.4, 0.5) is 0 Å². The summed E-state index contributed by atoms with van der Waals surface area (Å²) in [5.41, 5.74) is 2.09. The molecule has 0 bridgehead atoms. The van der Waals surface area contributed by atoms with Crippen LogP contribution in [0.2, 0.25) is 0 Å². The van der Waals surface area contributed by atoms with E-state index in [1.54, 1.807) is 10.9 Å². The van der Waals surface area contributed by atoms with Gasteiger partial charge in [0.15, 0.2) is 0 Å². The molecule has 1 saturated heterocycles. The highest BCUT2D eigenvalue weighted by Crippen LogP contribution is 2.17. The summed E-state index contributed by atoms with van der Waals surface area (Å²) < 4.78 is 6.91. The number of thiazole rings is 1. The van der Waals surface area contributed by atoms with Crippen molar-refractivity contribution >= 4 is 28.3 Å². The van der Waals surface area contributed by atoms with Crippen LogP contribution in [0.15, 0.2) is 36.0 Å². The maximum atomic E-state index is 12.7. The van der Waals surface area contributed by atoms with Crippen molar-refractivity contribution in [3.8, 4) is 0 Å². The Bertz CT molecular complexity index is 835. The molecule has 1 fully saturated rings. The Balaban J connectivity index is 1.55. The molecule has 1 aliphatic heterocycles. The van der Waals surface area contributed by atoms with E-state index in [0.29, 0.717) is 5.69 Å². The third-order valence-corrected chi connectivity index (χ3v) is 4.74. The fourth-order valence-corrected chi connectivity index (χ4v) is 3.49. The second-order valence-corrected chi connectivity index (χ2v) is 6.37. The fraction of sp³-hybridized carbons (Fsp3) is 0.312. The van der Waals surface area contributed by atoms with Gasteiger partial charge >= 0.3 is 0 Å². The first-order chi connectivity index (χ1) is 11.3. The number of hydrogen-bond donors (Lipinski definition) is 0. The summed E-state index contributed by atoms with van der Waals surface area (Å²) in [6.07, 6.45) is 1.56. The molecule has 118 valence electrons. The lowest BCUT2D eigenvalue weighted by molar-refractivity contribution is 0.0341. The molecular formula is C16H16N4O2S. The highest BCUT2D eigenvalue weighted by atomic mass is 32.1. The van der Waals surface area contributed by atoms with Crippen LogP contribution in [0.25, 0.3) is 11.0 Å². The fourth-order valence-electron chi connectivity index (χ4n) is 2.68. The number of nitrogens with zero attached hydrogens (tertiary/aromatic N) is 4. The maximum Gasteiger partial charge on any atom is 0.283 e. The quantitative estimate of drug-likeness (QED) is 0.736. The minimum absolute atomic E-state index is 0.136. The first-order valence-corrected chi connectivity index (χ1v) is 8.40. The number of aromatic nitrogens is 3. The Morgan fingerprint density at radius 2 is 2.09 bits per heavy atom. The second-order valence-electron chi connectivity index (χ2n) is 5.42. The number of hydrogen-bond acceptors (Lipinski definition) is 6. The number of morpholine rings is 1. The molecular weight excluding hydrogens is 312 g/mol. The minimum atomic E-state index is -0.136. The number of carbonyl (C=O) groups excluding carboxylic acids is 1. The standard InChI is InChI=1S/C16H16N4O2S/c21-16(20-11-17-12-3-1-2-4-14(12)20)13-10-23-15(18-13)9-19-5-7-22-8-6-19/h1-4,10-11H,5-9H2. The number of para-hydroxylation sites is 2. The topological polar surface area (TPSA) is 60.3 Å². The van der Waals surface area contributed by atoms with Crippen LogP contribution in [0.5, 0.6) is 0 Å². The summed E-state index contributed by atoms with van der Waals surface area (Å²) >= 11 is 1.53. The first kappa shape index (κ1) is 14.5. The van der Waals surface area contributed by atoms with Crippen molar-refractivity contribution < 1.29 is 9.53 Å². The molecule has 23 heavy (non-hydrogen) atoms. The van der Waals surface area contributed by atoms with Crippen LogP contribution in [0, 0.1) is 0 Å². The van der Waals surface area contributed by atoms with Crippen molar-refractivity contribution in [3.63, 3.8) is 0 Å². The van der Waals surface area contributed by atoms with Crippen LogP contribution >= 0.6 is 11.3 Å². The molecule has 0 amide bonds. The predicted octanol–water partition coefficient (Wildman–Crippen LogP) is 2.01. The first-order valence-electron chi connectivity index (χ1n) is 7.52. The van der Waals surface area contributed by atoms with E-state index in [1.807, 2.05) is 29.6 Å². The van der Waals surface area contributed by atoms with E-state index in [-0.39, 0.29) is 5.91 Å². The number of ether oxygens (including phenoxy) is 1. The van der Waals surface area contributed by atoms with Gasteiger partial charge in [0.05, 0.1) is 30.8 Å².